The van der Waals surface area contributed by atoms with Crippen LogP contribution in [0.4, 0.5) is 4.39 Å². The van der Waals surface area contributed by atoms with Gasteiger partial charge in [0, 0.05) is 24.7 Å². The fourth-order valence-electron chi connectivity index (χ4n) is 2.79. The molecule has 8 heteroatoms. The fraction of sp³-hybridized carbons (Fsp3) is 0.375. The number of nitrogens with two attached hydrogens (primary N) is 1. The number of nitrogens with zero attached hydrogens (tertiary/aromatic N) is 2. The Bertz CT molecular complexity index is 693. The highest BCUT2D eigenvalue weighted by Crippen LogP contribution is 2.30. The smallest absolute Gasteiger partial charge is 0.266 e. The van der Waals surface area contributed by atoms with Crippen molar-refractivity contribution in [3.05, 3.63) is 40.7 Å². The van der Waals surface area contributed by atoms with E-state index < -0.39 is 0 Å². The number of benzene rings is 1. The highest BCUT2D eigenvalue weighted by molar-refractivity contribution is 7.17. The Morgan fingerprint density at radius 2 is 2.04 bits per heavy atom. The Hall–Kier alpha value is -1.21. The van der Waals surface area contributed by atoms with Gasteiger partial charge in [0.05, 0.1) is 5.69 Å². The zero-order chi connectivity index (χ0) is 15.7. The van der Waals surface area contributed by atoms with Gasteiger partial charge >= 0.3 is 0 Å². The second-order valence-corrected chi connectivity index (χ2v) is 6.47. The van der Waals surface area contributed by atoms with Gasteiger partial charge in [-0.2, -0.15) is 0 Å². The molecule has 0 radical (unpaired) electrons. The molecule has 1 aromatic carbocycles. The number of hydrogen-bond donors (Lipinski definition) is 1. The van der Waals surface area contributed by atoms with Crippen LogP contribution in [-0.4, -0.2) is 34.9 Å². The van der Waals surface area contributed by atoms with Crippen molar-refractivity contribution < 1.29 is 9.18 Å². The second-order valence-electron chi connectivity index (χ2n) is 5.47. The topological polar surface area (TPSA) is 59.2 Å². The summed E-state index contributed by atoms with van der Waals surface area (Å²) in [5.41, 5.74) is 7.29. The molecule has 4 nitrogen and oxygen atoms in total. The summed E-state index contributed by atoms with van der Waals surface area (Å²) in [4.78, 5) is 19.7. The quantitative estimate of drug-likeness (QED) is 0.867. The van der Waals surface area contributed by atoms with E-state index in [9.17, 15) is 9.18 Å². The molecule has 1 unspecified atom stereocenters. The molecule has 0 bridgehead atoms. The van der Waals surface area contributed by atoms with Crippen LogP contribution in [0.3, 0.4) is 0 Å². The van der Waals surface area contributed by atoms with Gasteiger partial charge in [-0.05, 0) is 44.0 Å². The van der Waals surface area contributed by atoms with Crippen LogP contribution in [0.15, 0.2) is 24.3 Å². The largest absolute Gasteiger partial charge is 0.334 e. The Balaban J connectivity index is 0.00000144. The van der Waals surface area contributed by atoms with Crippen molar-refractivity contribution in [2.45, 2.75) is 25.8 Å². The molecule has 1 aliphatic heterocycles. The van der Waals surface area contributed by atoms with Crippen molar-refractivity contribution in [2.75, 3.05) is 13.1 Å². The summed E-state index contributed by atoms with van der Waals surface area (Å²) in [7, 11) is 0. The first-order chi connectivity index (χ1) is 10.6. The van der Waals surface area contributed by atoms with Gasteiger partial charge in [0.2, 0.25) is 0 Å². The maximum atomic E-state index is 13.0. The van der Waals surface area contributed by atoms with Crippen LogP contribution in [0.2, 0.25) is 0 Å². The van der Waals surface area contributed by atoms with Crippen LogP contribution in [0.5, 0.6) is 0 Å². The number of halogens is 3. The summed E-state index contributed by atoms with van der Waals surface area (Å²) in [6.45, 7) is 3.09. The summed E-state index contributed by atoms with van der Waals surface area (Å²) in [5.74, 6) is -0.271. The van der Waals surface area contributed by atoms with Crippen LogP contribution < -0.4 is 5.73 Å². The number of hydrogen-bond acceptors (Lipinski definition) is 4. The summed E-state index contributed by atoms with van der Waals surface area (Å²) < 4.78 is 13.0. The Morgan fingerprint density at radius 3 is 2.67 bits per heavy atom. The lowest BCUT2D eigenvalue weighted by molar-refractivity contribution is 0.0745. The van der Waals surface area contributed by atoms with Gasteiger partial charge in [0.15, 0.2) is 0 Å². The first-order valence-electron chi connectivity index (χ1n) is 7.34. The minimum Gasteiger partial charge on any atom is -0.334 e. The first-order valence-corrected chi connectivity index (χ1v) is 8.16. The van der Waals surface area contributed by atoms with Crippen LogP contribution in [0, 0.1) is 12.7 Å². The van der Waals surface area contributed by atoms with Crippen LogP contribution in [-0.2, 0) is 0 Å². The van der Waals surface area contributed by atoms with Crippen LogP contribution in [0.1, 0.15) is 28.2 Å². The molecule has 132 valence electrons. The monoisotopic (exact) mass is 391 g/mol. The van der Waals surface area contributed by atoms with E-state index in [-0.39, 0.29) is 42.6 Å². The van der Waals surface area contributed by atoms with Crippen molar-refractivity contribution in [1.29, 1.82) is 0 Å². The number of aromatic nitrogens is 1. The molecule has 1 aliphatic rings. The molecule has 1 atom stereocenters. The molecule has 2 N–H and O–H groups in total. The lowest BCUT2D eigenvalue weighted by Crippen LogP contribution is -2.39. The van der Waals surface area contributed by atoms with Crippen LogP contribution in [0.25, 0.3) is 10.6 Å². The van der Waals surface area contributed by atoms with E-state index in [1.165, 1.54) is 23.5 Å². The molecule has 2 aromatic rings. The predicted octanol–water partition coefficient (Wildman–Crippen LogP) is 3.66. The van der Waals surface area contributed by atoms with Gasteiger partial charge in [-0.3, -0.25) is 4.79 Å². The number of amides is 1. The van der Waals surface area contributed by atoms with Gasteiger partial charge in [-0.15, -0.1) is 36.2 Å². The summed E-state index contributed by atoms with van der Waals surface area (Å²) >= 11 is 1.36. The van der Waals surface area contributed by atoms with Crippen molar-refractivity contribution in [3.63, 3.8) is 0 Å². The van der Waals surface area contributed by atoms with Crippen LogP contribution >= 0.6 is 36.2 Å². The average molecular weight is 392 g/mol. The van der Waals surface area contributed by atoms with Gasteiger partial charge in [-0.25, -0.2) is 9.37 Å². The third-order valence-electron chi connectivity index (χ3n) is 3.99. The number of rotatable bonds is 3. The number of carbonyl (C=O) groups excluding carboxylic acids is 1. The molecule has 1 saturated heterocycles. The third kappa shape index (κ3) is 4.06. The van der Waals surface area contributed by atoms with Gasteiger partial charge in [0.1, 0.15) is 15.7 Å². The number of likely N-dealkylation sites (tertiary alicyclic amines) is 1. The second kappa shape index (κ2) is 8.76. The molecule has 1 aromatic heterocycles. The van der Waals surface area contributed by atoms with E-state index in [1.54, 1.807) is 12.1 Å². The maximum Gasteiger partial charge on any atom is 0.266 e. The maximum absolute atomic E-state index is 13.0. The number of carbonyl (C=O) groups is 1. The van der Waals surface area contributed by atoms with E-state index in [0.29, 0.717) is 11.4 Å². The number of thiazole rings is 1. The highest BCUT2D eigenvalue weighted by atomic mass is 35.5. The lowest BCUT2D eigenvalue weighted by atomic mass is 10.2. The minimum absolute atomic E-state index is 0. The molecule has 1 amide bonds. The molecular weight excluding hydrogens is 372 g/mol. The lowest BCUT2D eigenvalue weighted by Gasteiger charge is -2.22. The first kappa shape index (κ1) is 20.8. The van der Waals surface area contributed by atoms with E-state index >= 15 is 0 Å². The Kier molecular flexibility index (Phi) is 7.60. The Morgan fingerprint density at radius 1 is 1.38 bits per heavy atom. The zero-order valence-corrected chi connectivity index (χ0v) is 15.6. The van der Waals surface area contributed by atoms with Gasteiger partial charge in [0.25, 0.3) is 5.91 Å². The van der Waals surface area contributed by atoms with E-state index in [2.05, 4.69) is 4.98 Å². The standard InChI is InChI=1S/C16H18FN3OS.2ClH/c1-10-14(16(21)20-8-2-3-13(20)9-18)22-15(19-10)11-4-6-12(17)7-5-11;;/h4-7,13H,2-3,8-9,18H2,1H3;2*1H. The van der Waals surface area contributed by atoms with E-state index in [0.717, 1.165) is 35.7 Å². The fourth-order valence-corrected chi connectivity index (χ4v) is 3.82. The van der Waals surface area contributed by atoms with Crippen molar-refractivity contribution in [2.24, 2.45) is 5.73 Å². The third-order valence-corrected chi connectivity index (χ3v) is 5.19. The van der Waals surface area contributed by atoms with Crippen molar-refractivity contribution >= 4 is 42.1 Å². The summed E-state index contributed by atoms with van der Waals surface area (Å²) in [6.07, 6.45) is 1.96. The van der Waals surface area contributed by atoms with Gasteiger partial charge in [-0.1, -0.05) is 0 Å². The summed E-state index contributed by atoms with van der Waals surface area (Å²) in [5, 5.41) is 0.740. The molecule has 0 saturated carbocycles. The van der Waals surface area contributed by atoms with E-state index in [4.69, 9.17) is 5.73 Å². The highest BCUT2D eigenvalue weighted by Gasteiger charge is 2.30. The molecule has 0 spiro atoms. The predicted molar refractivity (Wildman–Crippen MR) is 99.9 cm³/mol. The molecule has 24 heavy (non-hydrogen) atoms. The molecule has 2 heterocycles. The summed E-state index contributed by atoms with van der Waals surface area (Å²) in [6, 6.07) is 6.29. The van der Waals surface area contributed by atoms with E-state index in [1.807, 2.05) is 11.8 Å². The molecule has 3 rings (SSSR count). The SMILES string of the molecule is Cc1nc(-c2ccc(F)cc2)sc1C(=O)N1CCCC1CN.Cl.Cl. The zero-order valence-electron chi connectivity index (χ0n) is 13.2. The van der Waals surface area contributed by atoms with Crippen molar-refractivity contribution in [3.8, 4) is 10.6 Å². The normalized spacial score (nSPS) is 16.5. The molecule has 0 aliphatic carbocycles. The molecule has 1 fully saturated rings. The van der Waals surface area contributed by atoms with Gasteiger partial charge < -0.3 is 10.6 Å². The average Bonchev–Trinajstić information content (AvgIpc) is 3.13. The Labute approximate surface area is 157 Å². The minimum atomic E-state index is -0.281. The van der Waals surface area contributed by atoms with Crippen molar-refractivity contribution in [1.82, 2.24) is 9.88 Å². The molecular formula is C16H20Cl2FN3OS. The number of aryl methyl sites for hydroxylation is 1.